The highest BCUT2D eigenvalue weighted by molar-refractivity contribution is 5.83. The third-order valence-electron chi connectivity index (χ3n) is 4.32. The minimum absolute atomic E-state index is 0.0267. The van der Waals surface area contributed by atoms with Crippen LogP contribution in [0.3, 0.4) is 0 Å². The molecule has 1 heterocycles. The van der Waals surface area contributed by atoms with Crippen LogP contribution in [-0.4, -0.2) is 43.3 Å². The van der Waals surface area contributed by atoms with Crippen LogP contribution in [0.25, 0.3) is 0 Å². The van der Waals surface area contributed by atoms with E-state index in [4.69, 9.17) is 9.47 Å². The first-order chi connectivity index (χ1) is 11.6. The zero-order chi connectivity index (χ0) is 17.4. The number of carbonyl (C=O) groups is 2. The Balaban J connectivity index is 1.98. The molecule has 0 spiro atoms. The van der Waals surface area contributed by atoms with Crippen LogP contribution in [-0.2, 0) is 19.1 Å². The van der Waals surface area contributed by atoms with Crippen molar-refractivity contribution < 1.29 is 24.2 Å². The van der Waals surface area contributed by atoms with Gasteiger partial charge in [0.2, 0.25) is 0 Å². The molecule has 0 bridgehead atoms. The summed E-state index contributed by atoms with van der Waals surface area (Å²) in [6.45, 7) is 3.48. The molecule has 1 aliphatic rings. The quantitative estimate of drug-likeness (QED) is 0.759. The molecule has 1 amide bonds. The van der Waals surface area contributed by atoms with Crippen LogP contribution in [0.1, 0.15) is 31.4 Å². The lowest BCUT2D eigenvalue weighted by molar-refractivity contribution is -0.145. The molecule has 0 saturated carbocycles. The van der Waals surface area contributed by atoms with E-state index in [2.05, 4.69) is 5.32 Å². The summed E-state index contributed by atoms with van der Waals surface area (Å²) in [5.41, 5.74) is 0.759. The number of ether oxygens (including phenoxy) is 2. The maximum atomic E-state index is 12.5. The van der Waals surface area contributed by atoms with Crippen LogP contribution in [0.4, 0.5) is 0 Å². The number of hydrogen-bond acceptors (Lipinski definition) is 4. The van der Waals surface area contributed by atoms with Gasteiger partial charge in [0.1, 0.15) is 0 Å². The molecule has 1 saturated heterocycles. The number of benzene rings is 1. The summed E-state index contributed by atoms with van der Waals surface area (Å²) >= 11 is 0. The van der Waals surface area contributed by atoms with Gasteiger partial charge in [0.25, 0.3) is 5.91 Å². The van der Waals surface area contributed by atoms with Crippen LogP contribution in [0, 0.1) is 11.8 Å². The highest BCUT2D eigenvalue weighted by Gasteiger charge is 2.31. The highest BCUT2D eigenvalue weighted by atomic mass is 16.5. The molecule has 132 valence electrons. The molecule has 24 heavy (non-hydrogen) atoms. The van der Waals surface area contributed by atoms with Gasteiger partial charge in [-0.1, -0.05) is 30.3 Å². The fourth-order valence-corrected chi connectivity index (χ4v) is 2.99. The summed E-state index contributed by atoms with van der Waals surface area (Å²) in [5.74, 6) is -1.76. The van der Waals surface area contributed by atoms with Crippen molar-refractivity contribution in [2.45, 2.75) is 25.9 Å². The number of amides is 1. The second-order valence-corrected chi connectivity index (χ2v) is 5.89. The third-order valence-corrected chi connectivity index (χ3v) is 4.32. The smallest absolute Gasteiger partial charge is 0.308 e. The van der Waals surface area contributed by atoms with E-state index in [1.54, 1.807) is 0 Å². The SMILES string of the molecule is CCOC(C(=O)NCC(C(=O)O)C1CCOCC1)c1ccccc1. The van der Waals surface area contributed by atoms with E-state index in [0.717, 1.165) is 5.56 Å². The van der Waals surface area contributed by atoms with Crippen LogP contribution in [0.15, 0.2) is 30.3 Å². The zero-order valence-corrected chi connectivity index (χ0v) is 13.9. The molecule has 6 nitrogen and oxygen atoms in total. The highest BCUT2D eigenvalue weighted by Crippen LogP contribution is 2.24. The molecule has 1 aromatic carbocycles. The van der Waals surface area contributed by atoms with Gasteiger partial charge in [-0.25, -0.2) is 0 Å². The molecule has 2 rings (SSSR count). The molecular weight excluding hydrogens is 310 g/mol. The number of carboxylic acids is 1. The van der Waals surface area contributed by atoms with Gasteiger partial charge >= 0.3 is 5.97 Å². The summed E-state index contributed by atoms with van der Waals surface area (Å²) in [6.07, 6.45) is 0.696. The molecule has 2 atom stereocenters. The Hall–Kier alpha value is -1.92. The maximum Gasteiger partial charge on any atom is 0.308 e. The van der Waals surface area contributed by atoms with Gasteiger partial charge in [0.15, 0.2) is 6.10 Å². The fraction of sp³-hybridized carbons (Fsp3) is 0.556. The van der Waals surface area contributed by atoms with Crippen molar-refractivity contribution in [1.29, 1.82) is 0 Å². The first-order valence-electron chi connectivity index (χ1n) is 8.38. The Kier molecular flexibility index (Phi) is 7.21. The van der Waals surface area contributed by atoms with Gasteiger partial charge in [-0.2, -0.15) is 0 Å². The predicted octanol–water partition coefficient (Wildman–Crippen LogP) is 2.01. The monoisotopic (exact) mass is 335 g/mol. The van der Waals surface area contributed by atoms with Crippen molar-refractivity contribution in [2.75, 3.05) is 26.4 Å². The van der Waals surface area contributed by atoms with Crippen molar-refractivity contribution in [2.24, 2.45) is 11.8 Å². The standard InChI is InChI=1S/C18H25NO5/c1-2-24-16(14-6-4-3-5-7-14)17(20)19-12-15(18(21)22)13-8-10-23-11-9-13/h3-7,13,15-16H,2,8-12H2,1H3,(H,19,20)(H,21,22). The Morgan fingerprint density at radius 3 is 2.54 bits per heavy atom. The number of carbonyl (C=O) groups excluding carboxylic acids is 1. The van der Waals surface area contributed by atoms with Crippen molar-refractivity contribution in [1.82, 2.24) is 5.32 Å². The predicted molar refractivity (Wildman–Crippen MR) is 88.5 cm³/mol. The maximum absolute atomic E-state index is 12.5. The molecule has 2 N–H and O–H groups in total. The summed E-state index contributed by atoms with van der Waals surface area (Å²) in [5, 5.41) is 12.2. The minimum Gasteiger partial charge on any atom is -0.481 e. The summed E-state index contributed by atoms with van der Waals surface area (Å²) in [6, 6.07) is 9.21. The summed E-state index contributed by atoms with van der Waals surface area (Å²) in [4.78, 5) is 24.0. The molecule has 0 aliphatic carbocycles. The lowest BCUT2D eigenvalue weighted by atomic mass is 9.86. The fourth-order valence-electron chi connectivity index (χ4n) is 2.99. The van der Waals surface area contributed by atoms with E-state index in [-0.39, 0.29) is 18.4 Å². The molecule has 1 fully saturated rings. The van der Waals surface area contributed by atoms with Crippen molar-refractivity contribution in [3.05, 3.63) is 35.9 Å². The second-order valence-electron chi connectivity index (χ2n) is 5.89. The lowest BCUT2D eigenvalue weighted by Crippen LogP contribution is -2.41. The van der Waals surface area contributed by atoms with E-state index in [0.29, 0.717) is 32.7 Å². The number of carboxylic acid groups (broad SMARTS) is 1. The van der Waals surface area contributed by atoms with Crippen molar-refractivity contribution in [3.8, 4) is 0 Å². The summed E-state index contributed by atoms with van der Waals surface area (Å²) < 4.78 is 10.8. The van der Waals surface area contributed by atoms with Crippen LogP contribution in [0.2, 0.25) is 0 Å². The van der Waals surface area contributed by atoms with E-state index in [1.165, 1.54) is 0 Å². The minimum atomic E-state index is -0.880. The molecule has 6 heteroatoms. The van der Waals surface area contributed by atoms with Crippen LogP contribution in [0.5, 0.6) is 0 Å². The van der Waals surface area contributed by atoms with E-state index in [9.17, 15) is 14.7 Å². The Morgan fingerprint density at radius 1 is 1.29 bits per heavy atom. The van der Waals surface area contributed by atoms with Gasteiger partial charge in [0, 0.05) is 26.4 Å². The lowest BCUT2D eigenvalue weighted by Gasteiger charge is -2.28. The van der Waals surface area contributed by atoms with E-state index in [1.807, 2.05) is 37.3 Å². The Bertz CT molecular complexity index is 527. The average molecular weight is 335 g/mol. The zero-order valence-electron chi connectivity index (χ0n) is 13.9. The molecule has 1 aliphatic heterocycles. The molecule has 1 aromatic rings. The average Bonchev–Trinajstić information content (AvgIpc) is 2.61. The molecule has 0 aromatic heterocycles. The molecule has 2 unspecified atom stereocenters. The first-order valence-corrected chi connectivity index (χ1v) is 8.38. The van der Waals surface area contributed by atoms with Crippen LogP contribution >= 0.6 is 0 Å². The third kappa shape index (κ3) is 5.04. The van der Waals surface area contributed by atoms with Crippen molar-refractivity contribution >= 4 is 11.9 Å². The largest absolute Gasteiger partial charge is 0.481 e. The van der Waals surface area contributed by atoms with E-state index >= 15 is 0 Å². The number of nitrogens with one attached hydrogen (secondary N) is 1. The number of aliphatic carboxylic acids is 1. The van der Waals surface area contributed by atoms with Crippen molar-refractivity contribution in [3.63, 3.8) is 0 Å². The van der Waals surface area contributed by atoms with E-state index < -0.39 is 18.0 Å². The molecule has 0 radical (unpaired) electrons. The van der Waals surface area contributed by atoms with Crippen LogP contribution < -0.4 is 5.32 Å². The number of hydrogen-bond donors (Lipinski definition) is 2. The normalized spacial score (nSPS) is 17.9. The summed E-state index contributed by atoms with van der Waals surface area (Å²) in [7, 11) is 0. The van der Waals surface area contributed by atoms with Gasteiger partial charge in [-0.15, -0.1) is 0 Å². The first kappa shape index (κ1) is 18.4. The Morgan fingerprint density at radius 2 is 1.96 bits per heavy atom. The second kappa shape index (κ2) is 9.39. The Labute approximate surface area is 142 Å². The number of rotatable bonds is 8. The molecular formula is C18H25NO5. The van der Waals surface area contributed by atoms with Gasteiger partial charge in [0.05, 0.1) is 5.92 Å². The topological polar surface area (TPSA) is 84.9 Å². The van der Waals surface area contributed by atoms with Gasteiger partial charge < -0.3 is 19.9 Å². The van der Waals surface area contributed by atoms with Gasteiger partial charge in [-0.05, 0) is 31.2 Å². The van der Waals surface area contributed by atoms with Gasteiger partial charge in [-0.3, -0.25) is 9.59 Å².